The van der Waals surface area contributed by atoms with Crippen LogP contribution in [0.25, 0.3) is 0 Å². The second-order valence-corrected chi connectivity index (χ2v) is 6.16. The van der Waals surface area contributed by atoms with Gasteiger partial charge >= 0.3 is 0 Å². The number of nitrogens with one attached hydrogen (secondary N) is 1. The molecular formula is C16H36N2O2. The Labute approximate surface area is 126 Å². The van der Waals surface area contributed by atoms with Crippen LogP contribution in [0.15, 0.2) is 0 Å². The monoisotopic (exact) mass is 288 g/mol. The van der Waals surface area contributed by atoms with Gasteiger partial charge in [0.25, 0.3) is 0 Å². The molecule has 1 unspecified atom stereocenters. The maximum absolute atomic E-state index is 5.80. The molecule has 1 heterocycles. The molecule has 1 aliphatic heterocycles. The summed E-state index contributed by atoms with van der Waals surface area (Å²) in [4.78, 5) is 2.46. The zero-order valence-corrected chi connectivity index (χ0v) is 13.7. The van der Waals surface area contributed by atoms with Gasteiger partial charge in [-0.1, -0.05) is 33.6 Å². The summed E-state index contributed by atoms with van der Waals surface area (Å²) in [5.41, 5.74) is 0. The summed E-state index contributed by atoms with van der Waals surface area (Å²) in [6, 6.07) is 0. The number of nitrogens with zero attached hydrogens (tertiary/aromatic N) is 1. The van der Waals surface area contributed by atoms with Crippen molar-refractivity contribution < 1.29 is 10.9 Å². The van der Waals surface area contributed by atoms with Gasteiger partial charge in [-0.25, -0.2) is 0 Å². The molecule has 1 N–H and O–H groups in total. The van der Waals surface area contributed by atoms with E-state index in [4.69, 9.17) is 9.47 Å². The Balaban J connectivity index is 0.00000400. The first-order valence-electron chi connectivity index (χ1n) is 8.34. The minimum atomic E-state index is 0. The molecule has 0 aromatic heterocycles. The fourth-order valence-electron chi connectivity index (χ4n) is 2.39. The number of hydrogen-bond acceptors (Lipinski definition) is 4. The van der Waals surface area contributed by atoms with Crippen molar-refractivity contribution >= 4 is 0 Å². The lowest BCUT2D eigenvalue weighted by Gasteiger charge is -2.33. The van der Waals surface area contributed by atoms with E-state index in [1.54, 1.807) is 0 Å². The first kappa shape index (κ1) is 17.9. The van der Waals surface area contributed by atoms with E-state index in [-0.39, 0.29) is 1.43 Å². The molecule has 0 aromatic carbocycles. The Hall–Kier alpha value is -0.160. The topological polar surface area (TPSA) is 33.7 Å². The summed E-state index contributed by atoms with van der Waals surface area (Å²) in [6.07, 6.45) is 4.07. The molecule has 0 bridgehead atoms. The molecule has 0 aromatic rings. The third-order valence-corrected chi connectivity index (χ3v) is 3.59. The molecule has 0 amide bonds. The highest BCUT2D eigenvalue weighted by molar-refractivity contribution is 4.73. The molecule has 20 heavy (non-hydrogen) atoms. The summed E-state index contributed by atoms with van der Waals surface area (Å²) in [5, 5.41) is 3.48. The molecule has 1 atom stereocenters. The molecule has 4 heteroatoms. The average molecular weight is 288 g/mol. The van der Waals surface area contributed by atoms with Gasteiger partial charge in [-0.15, -0.1) is 0 Å². The van der Waals surface area contributed by atoms with Crippen LogP contribution in [0.2, 0.25) is 0 Å². The normalized spacial score (nSPS) is 20.7. The minimum Gasteiger partial charge on any atom is -0.380 e. The van der Waals surface area contributed by atoms with Crippen molar-refractivity contribution in [1.29, 1.82) is 0 Å². The van der Waals surface area contributed by atoms with Gasteiger partial charge in [0.15, 0.2) is 0 Å². The fourth-order valence-corrected chi connectivity index (χ4v) is 2.39. The maximum Gasteiger partial charge on any atom is 0.0826 e. The lowest BCUT2D eigenvalue weighted by molar-refractivity contribution is -0.0351. The molecule has 1 saturated heterocycles. The average Bonchev–Trinajstić information content (AvgIpc) is 2.43. The largest absolute Gasteiger partial charge is 0.380 e. The third kappa shape index (κ3) is 8.90. The third-order valence-electron chi connectivity index (χ3n) is 3.59. The van der Waals surface area contributed by atoms with Crippen LogP contribution in [0.5, 0.6) is 0 Å². The Bertz CT molecular complexity index is 230. The van der Waals surface area contributed by atoms with E-state index in [9.17, 15) is 0 Å². The van der Waals surface area contributed by atoms with E-state index in [1.165, 1.54) is 19.3 Å². The maximum atomic E-state index is 5.80. The van der Waals surface area contributed by atoms with Crippen molar-refractivity contribution in [3.8, 4) is 0 Å². The Morgan fingerprint density at radius 2 is 2.20 bits per heavy atom. The fraction of sp³-hybridized carbons (Fsp3) is 1.00. The van der Waals surface area contributed by atoms with Crippen LogP contribution < -0.4 is 5.32 Å². The van der Waals surface area contributed by atoms with Crippen molar-refractivity contribution in [2.75, 3.05) is 52.5 Å². The zero-order chi connectivity index (χ0) is 14.6. The number of rotatable bonds is 11. The highest BCUT2D eigenvalue weighted by Gasteiger charge is 2.19. The molecule has 1 aliphatic rings. The smallest absolute Gasteiger partial charge is 0.0826 e. The minimum absolute atomic E-state index is 0. The first-order chi connectivity index (χ1) is 9.72. The van der Waals surface area contributed by atoms with Crippen molar-refractivity contribution in [3.63, 3.8) is 0 Å². The van der Waals surface area contributed by atoms with Gasteiger partial charge in [0.2, 0.25) is 0 Å². The number of ether oxygens (including phenoxy) is 2. The van der Waals surface area contributed by atoms with Crippen molar-refractivity contribution in [1.82, 2.24) is 10.2 Å². The highest BCUT2D eigenvalue weighted by atomic mass is 16.5. The summed E-state index contributed by atoms with van der Waals surface area (Å²) < 4.78 is 11.5. The van der Waals surface area contributed by atoms with Crippen LogP contribution in [0, 0.1) is 5.92 Å². The van der Waals surface area contributed by atoms with Gasteiger partial charge in [-0.3, -0.25) is 4.90 Å². The van der Waals surface area contributed by atoms with Gasteiger partial charge in [0, 0.05) is 34.2 Å². The molecule has 0 radical (unpaired) electrons. The second-order valence-electron chi connectivity index (χ2n) is 6.16. The lowest BCUT2D eigenvalue weighted by atomic mass is 10.2. The molecule has 122 valence electrons. The predicted octanol–water partition coefficient (Wildman–Crippen LogP) is 2.39. The Morgan fingerprint density at radius 1 is 1.35 bits per heavy atom. The molecule has 1 rings (SSSR count). The first-order valence-corrected chi connectivity index (χ1v) is 8.34. The van der Waals surface area contributed by atoms with Crippen LogP contribution in [0.3, 0.4) is 0 Å². The van der Waals surface area contributed by atoms with Crippen LogP contribution in [0.4, 0.5) is 0 Å². The summed E-state index contributed by atoms with van der Waals surface area (Å²) >= 11 is 0. The van der Waals surface area contributed by atoms with Crippen molar-refractivity contribution in [2.24, 2.45) is 5.92 Å². The van der Waals surface area contributed by atoms with E-state index in [2.05, 4.69) is 31.0 Å². The molecular weight excluding hydrogens is 252 g/mol. The van der Waals surface area contributed by atoms with Gasteiger partial charge in [0.1, 0.15) is 0 Å². The van der Waals surface area contributed by atoms with Gasteiger partial charge in [0.05, 0.1) is 19.3 Å². The summed E-state index contributed by atoms with van der Waals surface area (Å²) in [5.74, 6) is 0.700. The van der Waals surface area contributed by atoms with E-state index < -0.39 is 0 Å². The lowest BCUT2D eigenvalue weighted by Crippen LogP contribution is -2.47. The van der Waals surface area contributed by atoms with Gasteiger partial charge in [-0.05, 0) is 18.9 Å². The molecule has 0 spiro atoms. The second kappa shape index (κ2) is 11.5. The predicted molar refractivity (Wildman–Crippen MR) is 86.3 cm³/mol. The van der Waals surface area contributed by atoms with E-state index in [0.717, 1.165) is 52.5 Å². The molecule has 1 fully saturated rings. The van der Waals surface area contributed by atoms with Gasteiger partial charge in [-0.2, -0.15) is 0 Å². The number of unbranched alkanes of at least 4 members (excludes halogenated alkanes) is 2. The molecule has 4 nitrogen and oxygen atoms in total. The van der Waals surface area contributed by atoms with E-state index >= 15 is 0 Å². The van der Waals surface area contributed by atoms with Crippen molar-refractivity contribution in [3.05, 3.63) is 0 Å². The van der Waals surface area contributed by atoms with Gasteiger partial charge < -0.3 is 14.8 Å². The number of morpholine rings is 1. The SMILES string of the molecule is CCCCCOCCN1CCOC(CNCC(C)C)C1.[HH]. The molecule has 0 aliphatic carbocycles. The molecule has 0 saturated carbocycles. The van der Waals surface area contributed by atoms with Crippen LogP contribution in [0.1, 0.15) is 41.5 Å². The summed E-state index contributed by atoms with van der Waals surface area (Å²) in [6.45, 7) is 14.5. The highest BCUT2D eigenvalue weighted by Crippen LogP contribution is 2.04. The Kier molecular flexibility index (Phi) is 10.3. The van der Waals surface area contributed by atoms with Crippen LogP contribution >= 0.6 is 0 Å². The summed E-state index contributed by atoms with van der Waals surface area (Å²) in [7, 11) is 0. The van der Waals surface area contributed by atoms with Crippen molar-refractivity contribution in [2.45, 2.75) is 46.1 Å². The van der Waals surface area contributed by atoms with Crippen LogP contribution in [-0.2, 0) is 9.47 Å². The Morgan fingerprint density at radius 3 is 2.95 bits per heavy atom. The zero-order valence-electron chi connectivity index (χ0n) is 13.7. The van der Waals surface area contributed by atoms with E-state index in [0.29, 0.717) is 12.0 Å². The standard InChI is InChI=1S/C16H34N2O2.H2/c1-4-5-6-9-19-10-7-18-8-11-20-16(14-18)13-17-12-15(2)3;/h15-17H,4-14H2,1-3H3;1H. The van der Waals surface area contributed by atoms with Crippen LogP contribution in [-0.4, -0.2) is 63.5 Å². The number of hydrogen-bond donors (Lipinski definition) is 1. The quantitative estimate of drug-likeness (QED) is 0.592. The van der Waals surface area contributed by atoms with E-state index in [1.807, 2.05) is 0 Å².